The van der Waals surface area contributed by atoms with Crippen LogP contribution in [-0.2, 0) is 0 Å². The first-order chi connectivity index (χ1) is 14.8. The largest absolute Gasteiger partial charge is 0.0826 e. The lowest BCUT2D eigenvalue weighted by Gasteiger charge is -2.27. The van der Waals surface area contributed by atoms with E-state index in [0.717, 1.165) is 0 Å². The molecule has 0 spiro atoms. The van der Waals surface area contributed by atoms with Crippen LogP contribution in [0.2, 0.25) is 65.3 Å². The van der Waals surface area contributed by atoms with Gasteiger partial charge < -0.3 is 0 Å². The maximum atomic E-state index is 6.58. The summed E-state index contributed by atoms with van der Waals surface area (Å²) < 4.78 is 0. The van der Waals surface area contributed by atoms with Crippen molar-refractivity contribution < 1.29 is 0 Å². The Balaban J connectivity index is 2.64. The first-order valence-electron chi connectivity index (χ1n) is 7.98. The van der Waals surface area contributed by atoms with Crippen LogP contribution in [0, 0.1) is 0 Å². The Morgan fingerprint density at radius 1 is 0.312 bits per heavy atom. The Hall–Kier alpha value is 1.43. The molecule has 32 heavy (non-hydrogen) atoms. The fourth-order valence-corrected chi connectivity index (χ4v) is 6.45. The summed E-state index contributed by atoms with van der Waals surface area (Å²) in [5.41, 5.74) is 0.439. The van der Waals surface area contributed by atoms with Crippen LogP contribution in [0.4, 0.5) is 0 Å². The van der Waals surface area contributed by atoms with Gasteiger partial charge in [-0.25, -0.2) is 0 Å². The molecule has 0 aliphatic carbocycles. The highest BCUT2D eigenvalue weighted by Crippen LogP contribution is 2.56. The summed E-state index contributed by atoms with van der Waals surface area (Å²) in [4.78, 5) is 0. The van der Waals surface area contributed by atoms with Crippen LogP contribution in [-0.4, -0.2) is 0 Å². The first kappa shape index (κ1) is 28.0. The Morgan fingerprint density at radius 3 is 0.812 bits per heavy atom. The molecular formula is C19H3Cl13. The van der Waals surface area contributed by atoms with E-state index in [1.807, 2.05) is 0 Å². The molecule has 3 aromatic rings. The van der Waals surface area contributed by atoms with E-state index in [4.69, 9.17) is 151 Å². The maximum absolute atomic E-state index is 6.58. The quantitative estimate of drug-likeness (QED) is 0.146. The minimum atomic E-state index is -1.12. The van der Waals surface area contributed by atoms with Crippen LogP contribution in [0.15, 0.2) is 12.1 Å². The van der Waals surface area contributed by atoms with Crippen LogP contribution in [0.25, 0.3) is 0 Å². The van der Waals surface area contributed by atoms with Gasteiger partial charge in [0.15, 0.2) is 0 Å². The third-order valence-corrected chi connectivity index (χ3v) is 9.92. The Morgan fingerprint density at radius 2 is 0.531 bits per heavy atom. The monoisotopic (exact) mass is 686 g/mol. The SMILES string of the molecule is Clc1cc(Cl)c(Cl)c(C(c2c(Cl)c(Cl)cc(Cl)c2Cl)c2c(Cl)c(Cl)c(Cl)c(Cl)c2Cl)c1Cl. The molecule has 0 amide bonds. The third-order valence-electron chi connectivity index (χ3n) is 4.40. The van der Waals surface area contributed by atoms with E-state index in [1.54, 1.807) is 0 Å². The van der Waals surface area contributed by atoms with Crippen molar-refractivity contribution in [3.63, 3.8) is 0 Å². The molecule has 0 atom stereocenters. The van der Waals surface area contributed by atoms with Crippen molar-refractivity contribution in [2.24, 2.45) is 0 Å². The van der Waals surface area contributed by atoms with Gasteiger partial charge in [-0.15, -0.1) is 0 Å². The van der Waals surface area contributed by atoms with Crippen molar-refractivity contribution in [1.29, 1.82) is 0 Å². The van der Waals surface area contributed by atoms with Crippen molar-refractivity contribution in [2.75, 3.05) is 0 Å². The molecule has 0 saturated heterocycles. The van der Waals surface area contributed by atoms with Gasteiger partial charge in [-0.2, -0.15) is 0 Å². The number of hydrogen-bond acceptors (Lipinski definition) is 0. The van der Waals surface area contributed by atoms with Crippen molar-refractivity contribution in [3.05, 3.63) is 94.1 Å². The normalized spacial score (nSPS) is 11.6. The highest BCUT2D eigenvalue weighted by Gasteiger charge is 2.35. The van der Waals surface area contributed by atoms with E-state index in [9.17, 15) is 0 Å². The molecule has 0 aromatic heterocycles. The van der Waals surface area contributed by atoms with Gasteiger partial charge in [0.2, 0.25) is 0 Å². The molecule has 0 nitrogen and oxygen atoms in total. The Labute approximate surface area is 248 Å². The second-order valence-electron chi connectivity index (χ2n) is 6.18. The van der Waals surface area contributed by atoms with Crippen molar-refractivity contribution in [1.82, 2.24) is 0 Å². The van der Waals surface area contributed by atoms with E-state index in [-0.39, 0.29) is 82.0 Å². The molecular weight excluding hydrogens is 689 g/mol. The van der Waals surface area contributed by atoms with E-state index < -0.39 is 5.92 Å². The van der Waals surface area contributed by atoms with Crippen molar-refractivity contribution >= 4 is 151 Å². The zero-order valence-electron chi connectivity index (χ0n) is 14.6. The summed E-state index contributed by atoms with van der Waals surface area (Å²) >= 11 is 83.3. The van der Waals surface area contributed by atoms with Gasteiger partial charge in [-0.3, -0.25) is 0 Å². The highest BCUT2D eigenvalue weighted by atomic mass is 35.5. The summed E-state index contributed by atoms with van der Waals surface area (Å²) in [6, 6.07) is 2.74. The molecule has 0 fully saturated rings. The lowest BCUT2D eigenvalue weighted by molar-refractivity contribution is 0.979. The standard InChI is InChI=1S/C19H3Cl13/c20-3-1-4(21)12(25)8(11(3)24)7(9-13(26)5(22)2-6(23)14(9)27)10-15(28)17(30)19(32)18(31)16(10)29/h1-2,7H. The molecule has 0 unspecified atom stereocenters. The summed E-state index contributed by atoms with van der Waals surface area (Å²) in [5, 5.41) is 0.0457. The summed E-state index contributed by atoms with van der Waals surface area (Å²) in [7, 11) is 0. The number of hydrogen-bond donors (Lipinski definition) is 0. The predicted molar refractivity (Wildman–Crippen MR) is 145 cm³/mol. The smallest absolute Gasteiger partial charge is 0.0809 e. The number of rotatable bonds is 3. The van der Waals surface area contributed by atoms with Crippen LogP contribution in [0.5, 0.6) is 0 Å². The Kier molecular flexibility index (Phi) is 9.46. The van der Waals surface area contributed by atoms with Crippen molar-refractivity contribution in [2.45, 2.75) is 5.92 Å². The first-order valence-corrected chi connectivity index (χ1v) is 12.9. The van der Waals surface area contributed by atoms with E-state index in [0.29, 0.717) is 0 Å². The third kappa shape index (κ3) is 4.85. The molecule has 0 radical (unpaired) electrons. The molecule has 0 heterocycles. The lowest BCUT2D eigenvalue weighted by Crippen LogP contribution is -2.10. The van der Waals surface area contributed by atoms with Gasteiger partial charge in [0, 0.05) is 22.6 Å². The average molecular weight is 692 g/mol. The highest BCUT2D eigenvalue weighted by molar-refractivity contribution is 6.56. The van der Waals surface area contributed by atoms with E-state index in [1.165, 1.54) is 12.1 Å². The minimum absolute atomic E-state index is 0.0172. The van der Waals surface area contributed by atoms with E-state index in [2.05, 4.69) is 0 Å². The summed E-state index contributed by atoms with van der Waals surface area (Å²) in [5.74, 6) is -1.12. The van der Waals surface area contributed by atoms with Gasteiger partial charge in [-0.1, -0.05) is 151 Å². The molecule has 13 heteroatoms. The number of halogens is 13. The number of benzene rings is 3. The van der Waals surface area contributed by atoms with Gasteiger partial charge in [0.25, 0.3) is 0 Å². The fourth-order valence-electron chi connectivity index (χ4n) is 3.00. The topological polar surface area (TPSA) is 0 Å². The fraction of sp³-hybridized carbons (Fsp3) is 0.0526. The van der Waals surface area contributed by atoms with Crippen LogP contribution < -0.4 is 0 Å². The molecule has 0 bridgehead atoms. The van der Waals surface area contributed by atoms with Gasteiger partial charge >= 0.3 is 0 Å². The summed E-state index contributed by atoms with van der Waals surface area (Å²) in [6.45, 7) is 0. The van der Waals surface area contributed by atoms with Crippen LogP contribution >= 0.6 is 151 Å². The average Bonchev–Trinajstić information content (AvgIpc) is 2.73. The zero-order chi connectivity index (χ0) is 24.2. The zero-order valence-corrected chi connectivity index (χ0v) is 24.5. The van der Waals surface area contributed by atoms with Gasteiger partial charge in [-0.05, 0) is 12.1 Å². The molecule has 3 aromatic carbocycles. The lowest BCUT2D eigenvalue weighted by atomic mass is 9.84. The summed E-state index contributed by atoms with van der Waals surface area (Å²) in [6.07, 6.45) is 0. The predicted octanol–water partition coefficient (Wildman–Crippen LogP) is 13.4. The minimum Gasteiger partial charge on any atom is -0.0826 e. The van der Waals surface area contributed by atoms with E-state index >= 15 is 0 Å². The second-order valence-corrected chi connectivity index (χ2v) is 11.2. The molecule has 0 aliphatic heterocycles. The Bertz CT molecular complexity index is 1120. The van der Waals surface area contributed by atoms with Gasteiger partial charge in [0.1, 0.15) is 0 Å². The van der Waals surface area contributed by atoms with Gasteiger partial charge in [0.05, 0.1) is 65.3 Å². The molecule has 0 N–H and O–H groups in total. The molecule has 170 valence electrons. The van der Waals surface area contributed by atoms with Crippen molar-refractivity contribution in [3.8, 4) is 0 Å². The maximum Gasteiger partial charge on any atom is 0.0809 e. The molecule has 0 saturated carbocycles. The van der Waals surface area contributed by atoms with Crippen LogP contribution in [0.3, 0.4) is 0 Å². The van der Waals surface area contributed by atoms with Crippen LogP contribution in [0.1, 0.15) is 22.6 Å². The second kappa shape index (κ2) is 10.8. The molecule has 3 rings (SSSR count). The molecule has 0 aliphatic rings.